The Labute approximate surface area is 134 Å². The Hall–Kier alpha value is -1.76. The topological polar surface area (TPSA) is 71.6 Å². The number of methoxy groups -OCH3 is 1. The molecule has 3 atom stereocenters. The number of aromatic nitrogens is 1. The lowest BCUT2D eigenvalue weighted by atomic mass is 10.0. The Kier molecular flexibility index (Phi) is 4.75. The molecule has 6 heteroatoms. The van der Waals surface area contributed by atoms with E-state index in [1.807, 2.05) is 23.1 Å². The first kappa shape index (κ1) is 16.1. The van der Waals surface area contributed by atoms with E-state index in [1.54, 1.807) is 19.4 Å². The van der Waals surface area contributed by atoms with Gasteiger partial charge in [-0.2, -0.15) is 0 Å². The smallest absolute Gasteiger partial charge is 0.128 e. The van der Waals surface area contributed by atoms with Crippen LogP contribution in [0.3, 0.4) is 0 Å². The second-order valence-corrected chi connectivity index (χ2v) is 6.03. The molecule has 1 fully saturated rings. The molecule has 0 unspecified atom stereocenters. The summed E-state index contributed by atoms with van der Waals surface area (Å²) in [5.41, 5.74) is 7.28. The highest BCUT2D eigenvalue weighted by atomic mass is 19.1. The third-order valence-corrected chi connectivity index (χ3v) is 4.45. The molecule has 0 radical (unpaired) electrons. The summed E-state index contributed by atoms with van der Waals surface area (Å²) < 4.78 is 19.0. The van der Waals surface area contributed by atoms with E-state index in [0.717, 1.165) is 16.5 Å². The van der Waals surface area contributed by atoms with Crippen molar-refractivity contribution in [3.63, 3.8) is 0 Å². The zero-order valence-corrected chi connectivity index (χ0v) is 13.2. The molecule has 1 aromatic carbocycles. The molecule has 124 valence electrons. The minimum atomic E-state index is -1.04. The molecule has 0 spiro atoms. The summed E-state index contributed by atoms with van der Waals surface area (Å²) in [6, 6.07) is 6.97. The van der Waals surface area contributed by atoms with E-state index in [0.29, 0.717) is 25.3 Å². The Morgan fingerprint density at radius 3 is 3.04 bits per heavy atom. The maximum Gasteiger partial charge on any atom is 0.128 e. The molecule has 5 nitrogen and oxygen atoms in total. The molecule has 3 N–H and O–H groups in total. The first-order valence-corrected chi connectivity index (χ1v) is 7.81. The normalized spacial score (nSPS) is 23.8. The van der Waals surface area contributed by atoms with E-state index in [1.165, 1.54) is 0 Å². The molecule has 2 aromatic rings. The first-order valence-electron chi connectivity index (χ1n) is 7.81. The number of hydrogen-bond acceptors (Lipinski definition) is 5. The number of piperidine rings is 1. The highest BCUT2D eigenvalue weighted by Crippen LogP contribution is 2.27. The third-order valence-electron chi connectivity index (χ3n) is 4.45. The molecule has 0 amide bonds. The molecule has 23 heavy (non-hydrogen) atoms. The minimum absolute atomic E-state index is 0.268. The standard InChI is InChI=1S/C17H22FN3O2/c1-23-11-2-3-16-13(8-11)12(4-6-20-16)17(22)10-21-7-5-15(19)14(18)9-21/h2-4,6,8,14-15,17,22H,5,7,9-10,19H2,1H3/t14-,15+,17+/m0/s1. The Morgan fingerprint density at radius 1 is 1.48 bits per heavy atom. The molecular weight excluding hydrogens is 297 g/mol. The summed E-state index contributed by atoms with van der Waals surface area (Å²) in [7, 11) is 1.60. The quantitative estimate of drug-likeness (QED) is 0.896. The van der Waals surface area contributed by atoms with Crippen molar-refractivity contribution in [1.29, 1.82) is 0 Å². The summed E-state index contributed by atoms with van der Waals surface area (Å²) in [6.45, 7) is 1.35. The second-order valence-electron chi connectivity index (χ2n) is 6.03. The summed E-state index contributed by atoms with van der Waals surface area (Å²) in [6.07, 6.45) is 0.537. The number of pyridine rings is 1. The number of fused-ring (bicyclic) bond motifs is 1. The summed E-state index contributed by atoms with van der Waals surface area (Å²) in [5, 5.41) is 11.5. The molecule has 0 bridgehead atoms. The average Bonchev–Trinajstić information content (AvgIpc) is 2.57. The van der Waals surface area contributed by atoms with E-state index in [4.69, 9.17) is 10.5 Å². The zero-order chi connectivity index (χ0) is 16.4. The molecule has 1 aromatic heterocycles. The van der Waals surface area contributed by atoms with E-state index < -0.39 is 18.3 Å². The third kappa shape index (κ3) is 3.44. The summed E-state index contributed by atoms with van der Waals surface area (Å²) in [5.74, 6) is 0.715. The highest BCUT2D eigenvalue weighted by Gasteiger charge is 2.28. The van der Waals surface area contributed by atoms with Gasteiger partial charge in [0.2, 0.25) is 0 Å². The maximum atomic E-state index is 13.8. The fraction of sp³-hybridized carbons (Fsp3) is 0.471. The maximum absolute atomic E-state index is 13.8. The van der Waals surface area contributed by atoms with Gasteiger partial charge in [-0.25, -0.2) is 4.39 Å². The van der Waals surface area contributed by atoms with E-state index in [9.17, 15) is 9.50 Å². The Balaban J connectivity index is 1.81. The van der Waals surface area contributed by atoms with Gasteiger partial charge < -0.3 is 15.6 Å². The van der Waals surface area contributed by atoms with E-state index in [2.05, 4.69) is 4.98 Å². The lowest BCUT2D eigenvalue weighted by Crippen LogP contribution is -2.49. The van der Waals surface area contributed by atoms with Crippen molar-refractivity contribution in [2.24, 2.45) is 5.73 Å². The number of halogens is 1. The number of rotatable bonds is 4. The first-order chi connectivity index (χ1) is 11.1. The molecule has 2 heterocycles. The number of benzene rings is 1. The van der Waals surface area contributed by atoms with Gasteiger partial charge >= 0.3 is 0 Å². The Bertz CT molecular complexity index is 682. The van der Waals surface area contributed by atoms with Crippen molar-refractivity contribution in [2.45, 2.75) is 24.7 Å². The number of ether oxygens (including phenoxy) is 1. The van der Waals surface area contributed by atoms with E-state index >= 15 is 0 Å². The van der Waals surface area contributed by atoms with Crippen LogP contribution >= 0.6 is 0 Å². The summed E-state index contributed by atoms with van der Waals surface area (Å²) >= 11 is 0. The van der Waals surface area contributed by atoms with Crippen molar-refractivity contribution >= 4 is 10.9 Å². The van der Waals surface area contributed by atoms with Crippen LogP contribution < -0.4 is 10.5 Å². The molecule has 1 aliphatic heterocycles. The number of aliphatic hydroxyl groups excluding tert-OH is 1. The predicted molar refractivity (Wildman–Crippen MR) is 87.2 cm³/mol. The number of nitrogens with two attached hydrogens (primary N) is 1. The average molecular weight is 319 g/mol. The molecule has 1 saturated heterocycles. The van der Waals surface area contributed by atoms with Crippen molar-refractivity contribution in [3.05, 3.63) is 36.0 Å². The fourth-order valence-corrected chi connectivity index (χ4v) is 3.06. The number of hydrogen-bond donors (Lipinski definition) is 2. The van der Waals surface area contributed by atoms with Crippen LogP contribution in [0.15, 0.2) is 30.5 Å². The number of likely N-dealkylation sites (tertiary alicyclic amines) is 1. The van der Waals surface area contributed by atoms with Gasteiger partial charge in [-0.3, -0.25) is 9.88 Å². The van der Waals surface area contributed by atoms with Crippen molar-refractivity contribution in [2.75, 3.05) is 26.7 Å². The van der Waals surface area contributed by atoms with E-state index in [-0.39, 0.29) is 6.54 Å². The van der Waals surface area contributed by atoms with Crippen LogP contribution in [0.4, 0.5) is 4.39 Å². The van der Waals surface area contributed by atoms with Gasteiger partial charge in [0.1, 0.15) is 11.9 Å². The molecular formula is C17H22FN3O2. The molecule has 3 rings (SSSR count). The van der Waals surface area contributed by atoms with Gasteiger partial charge in [-0.05, 0) is 42.8 Å². The number of alkyl halides is 1. The van der Waals surface area contributed by atoms with Crippen LogP contribution in [-0.4, -0.2) is 53.9 Å². The SMILES string of the molecule is COc1ccc2nccc([C@H](O)CN3CC[C@@H](N)[C@@H](F)C3)c2c1. The predicted octanol–water partition coefficient (Wildman–Crippen LogP) is 1.65. The summed E-state index contributed by atoms with van der Waals surface area (Å²) in [4.78, 5) is 6.23. The number of β-amino-alcohol motifs (C(OH)–C–C–N with tert-alkyl or cyclic N) is 1. The Morgan fingerprint density at radius 2 is 2.30 bits per heavy atom. The van der Waals surface area contributed by atoms with Gasteiger partial charge in [0, 0.05) is 30.7 Å². The number of aliphatic hydroxyl groups is 1. The lowest BCUT2D eigenvalue weighted by molar-refractivity contribution is 0.0651. The molecule has 0 aliphatic carbocycles. The van der Waals surface area contributed by atoms with Gasteiger partial charge in [0.05, 0.1) is 18.7 Å². The van der Waals surface area contributed by atoms with Crippen LogP contribution in [0.5, 0.6) is 5.75 Å². The molecule has 0 saturated carbocycles. The fourth-order valence-electron chi connectivity index (χ4n) is 3.06. The van der Waals surface area contributed by atoms with Crippen molar-refractivity contribution in [3.8, 4) is 5.75 Å². The minimum Gasteiger partial charge on any atom is -0.497 e. The highest BCUT2D eigenvalue weighted by molar-refractivity contribution is 5.83. The van der Waals surface area contributed by atoms with Gasteiger partial charge in [-0.15, -0.1) is 0 Å². The zero-order valence-electron chi connectivity index (χ0n) is 13.2. The van der Waals surface area contributed by atoms with Crippen LogP contribution in [-0.2, 0) is 0 Å². The number of nitrogens with zero attached hydrogens (tertiary/aromatic N) is 2. The monoisotopic (exact) mass is 319 g/mol. The van der Waals surface area contributed by atoms with Gasteiger partial charge in [0.25, 0.3) is 0 Å². The van der Waals surface area contributed by atoms with Crippen LogP contribution in [0.25, 0.3) is 10.9 Å². The van der Waals surface area contributed by atoms with Crippen molar-refractivity contribution in [1.82, 2.24) is 9.88 Å². The molecule has 1 aliphatic rings. The lowest BCUT2D eigenvalue weighted by Gasteiger charge is -2.34. The van der Waals surface area contributed by atoms with Crippen molar-refractivity contribution < 1.29 is 14.2 Å². The largest absolute Gasteiger partial charge is 0.497 e. The van der Waals surface area contributed by atoms with Gasteiger partial charge in [-0.1, -0.05) is 0 Å². The van der Waals surface area contributed by atoms with Gasteiger partial charge in [0.15, 0.2) is 0 Å². The van der Waals surface area contributed by atoms with Crippen LogP contribution in [0.2, 0.25) is 0 Å². The van der Waals surface area contributed by atoms with Crippen LogP contribution in [0.1, 0.15) is 18.1 Å². The van der Waals surface area contributed by atoms with Crippen LogP contribution in [0, 0.1) is 0 Å². The second kappa shape index (κ2) is 6.78.